The highest BCUT2D eigenvalue weighted by molar-refractivity contribution is 6.42. The first kappa shape index (κ1) is 20.0. The molecule has 6 nitrogen and oxygen atoms in total. The van der Waals surface area contributed by atoms with Gasteiger partial charge in [-0.05, 0) is 43.7 Å². The fourth-order valence-corrected chi connectivity index (χ4v) is 4.17. The average Bonchev–Trinajstić information content (AvgIpc) is 3.06. The number of unbranched alkanes of at least 4 members (excludes halogenated alkanes) is 1. The van der Waals surface area contributed by atoms with E-state index in [1.807, 2.05) is 41.8 Å². The van der Waals surface area contributed by atoms with Gasteiger partial charge in [-0.15, -0.1) is 0 Å². The summed E-state index contributed by atoms with van der Waals surface area (Å²) in [6.07, 6.45) is 1.88. The topological polar surface area (TPSA) is 65.6 Å². The van der Waals surface area contributed by atoms with E-state index < -0.39 is 0 Å². The van der Waals surface area contributed by atoms with Crippen LogP contribution < -0.4 is 5.56 Å². The lowest BCUT2D eigenvalue weighted by Crippen LogP contribution is -2.24. The van der Waals surface area contributed by atoms with Crippen LogP contribution in [-0.4, -0.2) is 24.1 Å². The van der Waals surface area contributed by atoms with Crippen LogP contribution in [0.2, 0.25) is 10.0 Å². The van der Waals surface area contributed by atoms with Crippen molar-refractivity contribution in [1.82, 2.24) is 24.1 Å². The largest absolute Gasteiger partial charge is 0.296 e. The molecule has 0 saturated heterocycles. The zero-order valence-electron chi connectivity index (χ0n) is 17.1. The fraction of sp³-hybridized carbons (Fsp3) is 0.217. The summed E-state index contributed by atoms with van der Waals surface area (Å²) in [5.41, 5.74) is 3.68. The Kier molecular flexibility index (Phi) is 4.91. The smallest absolute Gasteiger partial charge is 0.265 e. The van der Waals surface area contributed by atoms with E-state index in [9.17, 15) is 4.79 Å². The van der Waals surface area contributed by atoms with Crippen molar-refractivity contribution >= 4 is 56.4 Å². The van der Waals surface area contributed by atoms with Crippen molar-refractivity contribution in [2.45, 2.75) is 33.2 Å². The van der Waals surface area contributed by atoms with Crippen molar-refractivity contribution in [2.24, 2.45) is 0 Å². The fourth-order valence-electron chi connectivity index (χ4n) is 3.88. The zero-order chi connectivity index (χ0) is 21.7. The standard InChI is InChI=1S/C23H19Cl2N5O/c1-3-4-11-29-13(2)26-21-19(23(29)31)20-22(28-18-8-6-5-7-17(18)27-20)30(21)14-9-10-15(24)16(25)12-14/h5-10,12H,3-4,11H2,1-2H3. The molecule has 5 rings (SSSR count). The molecular formula is C23H19Cl2N5O. The first-order valence-electron chi connectivity index (χ1n) is 10.1. The van der Waals surface area contributed by atoms with Gasteiger partial charge in [0.1, 0.15) is 16.7 Å². The number of benzene rings is 2. The predicted molar refractivity (Wildman–Crippen MR) is 126 cm³/mol. The number of aromatic nitrogens is 5. The van der Waals surface area contributed by atoms with Crippen molar-refractivity contribution in [3.8, 4) is 5.69 Å². The molecule has 0 N–H and O–H groups in total. The lowest BCUT2D eigenvalue weighted by atomic mass is 10.2. The molecule has 0 aliphatic rings. The predicted octanol–water partition coefficient (Wildman–Crippen LogP) is 5.70. The van der Waals surface area contributed by atoms with Crippen LogP contribution >= 0.6 is 23.2 Å². The molecule has 0 bridgehead atoms. The van der Waals surface area contributed by atoms with Gasteiger partial charge in [-0.3, -0.25) is 13.9 Å². The molecule has 156 valence electrons. The van der Waals surface area contributed by atoms with Crippen LogP contribution in [0.4, 0.5) is 0 Å². The summed E-state index contributed by atoms with van der Waals surface area (Å²) in [7, 11) is 0. The molecule has 8 heteroatoms. The van der Waals surface area contributed by atoms with Crippen molar-refractivity contribution in [3.63, 3.8) is 0 Å². The van der Waals surface area contributed by atoms with Crippen molar-refractivity contribution < 1.29 is 0 Å². The second kappa shape index (κ2) is 7.62. The van der Waals surface area contributed by atoms with Gasteiger partial charge < -0.3 is 0 Å². The summed E-state index contributed by atoms with van der Waals surface area (Å²) in [5.74, 6) is 0.652. The number of para-hydroxylation sites is 2. The zero-order valence-corrected chi connectivity index (χ0v) is 18.6. The molecule has 5 aromatic rings. The number of hydrogen-bond acceptors (Lipinski definition) is 4. The number of aryl methyl sites for hydroxylation is 1. The first-order valence-corrected chi connectivity index (χ1v) is 10.9. The second-order valence-corrected chi connectivity index (χ2v) is 8.30. The van der Waals surface area contributed by atoms with Crippen molar-refractivity contribution in [1.29, 1.82) is 0 Å². The summed E-state index contributed by atoms with van der Waals surface area (Å²) in [6, 6.07) is 12.9. The maximum absolute atomic E-state index is 13.6. The molecule has 31 heavy (non-hydrogen) atoms. The van der Waals surface area contributed by atoms with E-state index in [2.05, 4.69) is 6.92 Å². The van der Waals surface area contributed by atoms with E-state index in [-0.39, 0.29) is 5.56 Å². The molecule has 0 fully saturated rings. The number of nitrogens with zero attached hydrogens (tertiary/aromatic N) is 5. The third-order valence-corrected chi connectivity index (χ3v) is 6.19. The summed E-state index contributed by atoms with van der Waals surface area (Å²) >= 11 is 12.4. The van der Waals surface area contributed by atoms with Crippen LogP contribution in [0, 0.1) is 6.92 Å². The van der Waals surface area contributed by atoms with Gasteiger partial charge in [-0.2, -0.15) is 0 Å². The maximum Gasteiger partial charge on any atom is 0.265 e. The van der Waals surface area contributed by atoms with Crippen LogP contribution in [0.3, 0.4) is 0 Å². The number of halogens is 2. The Morgan fingerprint density at radius 2 is 1.68 bits per heavy atom. The van der Waals surface area contributed by atoms with Gasteiger partial charge in [0, 0.05) is 6.54 Å². The highest BCUT2D eigenvalue weighted by atomic mass is 35.5. The minimum Gasteiger partial charge on any atom is -0.296 e. The van der Waals surface area contributed by atoms with E-state index >= 15 is 0 Å². The van der Waals surface area contributed by atoms with Gasteiger partial charge >= 0.3 is 0 Å². The molecule has 0 atom stereocenters. The third kappa shape index (κ3) is 3.18. The minimum absolute atomic E-state index is 0.107. The summed E-state index contributed by atoms with van der Waals surface area (Å²) in [5, 5.41) is 1.32. The highest BCUT2D eigenvalue weighted by Gasteiger charge is 2.22. The van der Waals surface area contributed by atoms with Gasteiger partial charge in [0.25, 0.3) is 5.56 Å². The lowest BCUT2D eigenvalue weighted by molar-refractivity contribution is 0.591. The molecule has 0 unspecified atom stereocenters. The number of rotatable bonds is 4. The molecule has 0 saturated carbocycles. The van der Waals surface area contributed by atoms with Crippen LogP contribution in [0.1, 0.15) is 25.6 Å². The molecule has 0 aliphatic heterocycles. The third-order valence-electron chi connectivity index (χ3n) is 5.45. The Morgan fingerprint density at radius 3 is 2.39 bits per heavy atom. The SMILES string of the molecule is CCCCn1c(C)nc2c(c1=O)c1nc3ccccc3nc1n2-c1ccc(Cl)c(Cl)c1. The molecule has 0 amide bonds. The molecule has 2 aromatic carbocycles. The van der Waals surface area contributed by atoms with Gasteiger partial charge in [-0.25, -0.2) is 15.0 Å². The Hall–Kier alpha value is -2.96. The van der Waals surface area contributed by atoms with Gasteiger partial charge in [0.05, 0.1) is 26.8 Å². The maximum atomic E-state index is 13.6. The van der Waals surface area contributed by atoms with E-state index in [0.29, 0.717) is 44.6 Å². The number of hydrogen-bond donors (Lipinski definition) is 0. The van der Waals surface area contributed by atoms with E-state index in [0.717, 1.165) is 29.6 Å². The molecular weight excluding hydrogens is 433 g/mol. The molecule has 3 aromatic heterocycles. The van der Waals surface area contributed by atoms with Gasteiger partial charge in [0.15, 0.2) is 11.3 Å². The Balaban J connectivity index is 1.96. The summed E-state index contributed by atoms with van der Waals surface area (Å²) < 4.78 is 3.56. The lowest BCUT2D eigenvalue weighted by Gasteiger charge is -2.11. The normalized spacial score (nSPS) is 11.7. The van der Waals surface area contributed by atoms with Gasteiger partial charge in [0.2, 0.25) is 0 Å². The highest BCUT2D eigenvalue weighted by Crippen LogP contribution is 2.31. The van der Waals surface area contributed by atoms with Crippen molar-refractivity contribution in [3.05, 3.63) is 68.7 Å². The van der Waals surface area contributed by atoms with E-state index in [1.54, 1.807) is 16.7 Å². The monoisotopic (exact) mass is 451 g/mol. The van der Waals surface area contributed by atoms with Crippen LogP contribution in [-0.2, 0) is 6.54 Å². The molecule has 0 radical (unpaired) electrons. The van der Waals surface area contributed by atoms with Crippen LogP contribution in [0.5, 0.6) is 0 Å². The Labute approximate surface area is 188 Å². The van der Waals surface area contributed by atoms with E-state index in [1.165, 1.54) is 0 Å². The summed E-state index contributed by atoms with van der Waals surface area (Å²) in [4.78, 5) is 28.0. The van der Waals surface area contributed by atoms with Crippen molar-refractivity contribution in [2.75, 3.05) is 0 Å². The Bertz CT molecular complexity index is 1540. The molecule has 3 heterocycles. The van der Waals surface area contributed by atoms with Gasteiger partial charge in [-0.1, -0.05) is 48.7 Å². The molecule has 0 aliphatic carbocycles. The van der Waals surface area contributed by atoms with E-state index in [4.69, 9.17) is 38.2 Å². The average molecular weight is 452 g/mol. The summed E-state index contributed by atoms with van der Waals surface area (Å²) in [6.45, 7) is 4.56. The first-order chi connectivity index (χ1) is 15.0. The van der Waals surface area contributed by atoms with Crippen LogP contribution in [0.15, 0.2) is 47.3 Å². The quantitative estimate of drug-likeness (QED) is 0.351. The number of fused-ring (bicyclic) bond motifs is 4. The Morgan fingerprint density at radius 1 is 0.935 bits per heavy atom. The van der Waals surface area contributed by atoms with Crippen LogP contribution in [0.25, 0.3) is 38.9 Å². The second-order valence-electron chi connectivity index (χ2n) is 7.49. The minimum atomic E-state index is -0.107. The molecule has 0 spiro atoms.